The second kappa shape index (κ2) is 7.17. The number of ether oxygens (including phenoxy) is 1. The van der Waals surface area contributed by atoms with Crippen LogP contribution in [0.2, 0.25) is 0 Å². The molecule has 0 saturated carbocycles. The smallest absolute Gasteiger partial charge is 0.230 e. The Labute approximate surface area is 122 Å². The van der Waals surface area contributed by atoms with Crippen LogP contribution in [0.15, 0.2) is 24.3 Å². The van der Waals surface area contributed by atoms with Crippen LogP contribution in [0.3, 0.4) is 0 Å². The minimum absolute atomic E-state index is 0.0637. The van der Waals surface area contributed by atoms with Crippen molar-refractivity contribution in [3.05, 3.63) is 30.1 Å². The highest BCUT2D eigenvalue weighted by molar-refractivity contribution is 5.95. The Hall–Kier alpha value is -1.95. The van der Waals surface area contributed by atoms with E-state index in [1.54, 1.807) is 0 Å². The first-order chi connectivity index (χ1) is 10.1. The Bertz CT molecular complexity index is 498. The first kappa shape index (κ1) is 15.4. The molecular weight excluding hydrogens is 275 g/mol. The highest BCUT2D eigenvalue weighted by atomic mass is 19.1. The normalized spacial score (nSPS) is 15.7. The molecule has 0 bridgehead atoms. The van der Waals surface area contributed by atoms with Crippen molar-refractivity contribution in [1.82, 2.24) is 0 Å². The van der Waals surface area contributed by atoms with Crippen LogP contribution >= 0.6 is 0 Å². The van der Waals surface area contributed by atoms with Gasteiger partial charge in [-0.1, -0.05) is 0 Å². The zero-order valence-electron chi connectivity index (χ0n) is 11.8. The number of nitrogens with two attached hydrogens (primary N) is 1. The van der Waals surface area contributed by atoms with Gasteiger partial charge in [0.15, 0.2) is 0 Å². The van der Waals surface area contributed by atoms with Gasteiger partial charge in [-0.3, -0.25) is 9.59 Å². The summed E-state index contributed by atoms with van der Waals surface area (Å²) in [5, 5.41) is 0. The number of benzene rings is 1. The van der Waals surface area contributed by atoms with E-state index in [1.165, 1.54) is 29.2 Å². The molecule has 5 nitrogen and oxygen atoms in total. The average Bonchev–Trinajstić information content (AvgIpc) is 2.49. The van der Waals surface area contributed by atoms with Crippen molar-refractivity contribution in [2.24, 2.45) is 11.7 Å². The molecule has 0 atom stereocenters. The van der Waals surface area contributed by atoms with Gasteiger partial charge in [0.25, 0.3) is 0 Å². The molecule has 1 saturated heterocycles. The van der Waals surface area contributed by atoms with Crippen molar-refractivity contribution in [1.29, 1.82) is 0 Å². The van der Waals surface area contributed by atoms with Gasteiger partial charge in [-0.25, -0.2) is 4.39 Å². The van der Waals surface area contributed by atoms with Crippen molar-refractivity contribution in [3.63, 3.8) is 0 Å². The largest absolute Gasteiger partial charge is 0.381 e. The maximum Gasteiger partial charge on any atom is 0.230 e. The number of amides is 2. The lowest BCUT2D eigenvalue weighted by Gasteiger charge is -2.29. The average molecular weight is 294 g/mol. The Morgan fingerprint density at radius 3 is 2.43 bits per heavy atom. The van der Waals surface area contributed by atoms with Gasteiger partial charge in [0, 0.05) is 37.8 Å². The van der Waals surface area contributed by atoms with Crippen molar-refractivity contribution in [2.75, 3.05) is 24.7 Å². The van der Waals surface area contributed by atoms with E-state index < -0.39 is 5.91 Å². The third-order valence-electron chi connectivity index (χ3n) is 3.56. The van der Waals surface area contributed by atoms with E-state index in [4.69, 9.17) is 10.5 Å². The molecule has 1 heterocycles. The predicted molar refractivity (Wildman–Crippen MR) is 76.1 cm³/mol. The van der Waals surface area contributed by atoms with Crippen LogP contribution in [0.5, 0.6) is 0 Å². The number of carbonyl (C=O) groups excluding carboxylic acids is 2. The predicted octanol–water partition coefficient (Wildman–Crippen LogP) is 1.46. The van der Waals surface area contributed by atoms with Crippen LogP contribution < -0.4 is 10.6 Å². The van der Waals surface area contributed by atoms with E-state index in [-0.39, 0.29) is 30.6 Å². The highest BCUT2D eigenvalue weighted by Gasteiger charge is 2.27. The quantitative estimate of drug-likeness (QED) is 0.893. The lowest BCUT2D eigenvalue weighted by Crippen LogP contribution is -2.40. The van der Waals surface area contributed by atoms with E-state index in [9.17, 15) is 14.0 Å². The number of anilines is 1. The number of halogens is 1. The summed E-state index contributed by atoms with van der Waals surface area (Å²) in [6.45, 7) is 1.32. The zero-order chi connectivity index (χ0) is 15.2. The summed E-state index contributed by atoms with van der Waals surface area (Å²) in [7, 11) is 0. The lowest BCUT2D eigenvalue weighted by molar-refractivity contribution is -0.125. The van der Waals surface area contributed by atoms with Gasteiger partial charge in [0.05, 0.1) is 0 Å². The first-order valence-corrected chi connectivity index (χ1v) is 7.01. The molecule has 1 aromatic carbocycles. The summed E-state index contributed by atoms with van der Waals surface area (Å²) in [4.78, 5) is 25.1. The van der Waals surface area contributed by atoms with Gasteiger partial charge in [0.2, 0.25) is 11.8 Å². The molecule has 1 aromatic rings. The molecule has 2 amide bonds. The Balaban J connectivity index is 2.15. The molecular formula is C15H19FN2O3. The molecule has 0 radical (unpaired) electrons. The topological polar surface area (TPSA) is 72.6 Å². The third kappa shape index (κ3) is 4.26. The van der Waals surface area contributed by atoms with Crippen molar-refractivity contribution in [2.45, 2.75) is 19.3 Å². The molecule has 0 aromatic heterocycles. The number of hydrogen-bond donors (Lipinski definition) is 1. The third-order valence-corrected chi connectivity index (χ3v) is 3.56. The van der Waals surface area contributed by atoms with E-state index in [2.05, 4.69) is 0 Å². The van der Waals surface area contributed by atoms with Crippen LogP contribution in [0.25, 0.3) is 0 Å². The van der Waals surface area contributed by atoms with Crippen LogP contribution in [0.1, 0.15) is 19.3 Å². The molecule has 1 aliphatic heterocycles. The standard InChI is InChI=1S/C15H19FN2O3/c16-12-1-3-13(4-2-12)18(8-5-14(17)19)15(20)11-6-9-21-10-7-11/h1-4,11H,5-10H2,(H2,17,19). The van der Waals surface area contributed by atoms with E-state index in [0.29, 0.717) is 31.7 Å². The van der Waals surface area contributed by atoms with Gasteiger partial charge in [-0.05, 0) is 37.1 Å². The fraction of sp³-hybridized carbons (Fsp3) is 0.467. The lowest BCUT2D eigenvalue weighted by atomic mass is 9.98. The molecule has 114 valence electrons. The highest BCUT2D eigenvalue weighted by Crippen LogP contribution is 2.23. The van der Waals surface area contributed by atoms with Crippen molar-refractivity contribution in [3.8, 4) is 0 Å². The summed E-state index contributed by atoms with van der Waals surface area (Å²) in [6, 6.07) is 5.66. The first-order valence-electron chi connectivity index (χ1n) is 7.01. The molecule has 0 unspecified atom stereocenters. The Kier molecular flexibility index (Phi) is 5.27. The monoisotopic (exact) mass is 294 g/mol. The summed E-state index contributed by atoms with van der Waals surface area (Å²) in [6.07, 6.45) is 1.40. The van der Waals surface area contributed by atoms with Crippen molar-refractivity contribution < 1.29 is 18.7 Å². The molecule has 2 rings (SSSR count). The number of nitrogens with zero attached hydrogens (tertiary/aromatic N) is 1. The maximum atomic E-state index is 13.0. The molecule has 2 N–H and O–H groups in total. The zero-order valence-corrected chi connectivity index (χ0v) is 11.8. The fourth-order valence-corrected chi connectivity index (χ4v) is 2.37. The molecule has 6 heteroatoms. The van der Waals surface area contributed by atoms with E-state index >= 15 is 0 Å². The summed E-state index contributed by atoms with van der Waals surface area (Å²) in [5.41, 5.74) is 5.74. The van der Waals surface area contributed by atoms with Gasteiger partial charge >= 0.3 is 0 Å². The SMILES string of the molecule is NC(=O)CCN(C(=O)C1CCOCC1)c1ccc(F)cc1. The summed E-state index contributed by atoms with van der Waals surface area (Å²) >= 11 is 0. The second-order valence-electron chi connectivity index (χ2n) is 5.07. The number of hydrogen-bond acceptors (Lipinski definition) is 3. The number of rotatable bonds is 5. The Morgan fingerprint density at radius 1 is 1.24 bits per heavy atom. The molecule has 21 heavy (non-hydrogen) atoms. The summed E-state index contributed by atoms with van der Waals surface area (Å²) < 4.78 is 18.3. The molecule has 0 spiro atoms. The number of primary amides is 1. The number of carbonyl (C=O) groups is 2. The molecule has 1 aliphatic rings. The summed E-state index contributed by atoms with van der Waals surface area (Å²) in [5.74, 6) is -1.03. The fourth-order valence-electron chi connectivity index (χ4n) is 2.37. The molecule has 0 aliphatic carbocycles. The van der Waals surface area contributed by atoms with Gasteiger partial charge < -0.3 is 15.4 Å². The minimum atomic E-state index is -0.470. The maximum absolute atomic E-state index is 13.0. The molecule has 1 fully saturated rings. The van der Waals surface area contributed by atoms with Gasteiger partial charge in [0.1, 0.15) is 5.82 Å². The van der Waals surface area contributed by atoms with Crippen LogP contribution in [-0.4, -0.2) is 31.6 Å². The van der Waals surface area contributed by atoms with E-state index in [1.807, 2.05) is 0 Å². The van der Waals surface area contributed by atoms with E-state index in [0.717, 1.165) is 0 Å². The minimum Gasteiger partial charge on any atom is -0.381 e. The van der Waals surface area contributed by atoms with Crippen LogP contribution in [0, 0.1) is 11.7 Å². The van der Waals surface area contributed by atoms with Gasteiger partial charge in [-0.2, -0.15) is 0 Å². The Morgan fingerprint density at radius 2 is 1.86 bits per heavy atom. The van der Waals surface area contributed by atoms with Crippen LogP contribution in [0.4, 0.5) is 10.1 Å². The van der Waals surface area contributed by atoms with Crippen molar-refractivity contribution >= 4 is 17.5 Å². The van der Waals surface area contributed by atoms with Crippen LogP contribution in [-0.2, 0) is 14.3 Å². The second-order valence-corrected chi connectivity index (χ2v) is 5.07. The van der Waals surface area contributed by atoms with Gasteiger partial charge in [-0.15, -0.1) is 0 Å².